The molecule has 0 aromatic carbocycles. The number of rotatable bonds is 7. The Morgan fingerprint density at radius 3 is 2.50 bits per heavy atom. The van der Waals surface area contributed by atoms with E-state index in [1.807, 2.05) is 13.8 Å². The zero-order chi connectivity index (χ0) is 15.1. The van der Waals surface area contributed by atoms with Crippen LogP contribution in [0.4, 0.5) is 0 Å². The maximum Gasteiger partial charge on any atom is 0.222 e. The second-order valence-corrected chi connectivity index (χ2v) is 6.82. The largest absolute Gasteiger partial charge is 0.352 e. The summed E-state index contributed by atoms with van der Waals surface area (Å²) in [5.41, 5.74) is 0. The lowest BCUT2D eigenvalue weighted by molar-refractivity contribution is -0.125. The Balaban J connectivity index is 2.61. The van der Waals surface area contributed by atoms with Crippen molar-refractivity contribution in [3.8, 4) is 0 Å². The molecule has 0 aromatic heterocycles. The molecular formula is C17H34N2O. The summed E-state index contributed by atoms with van der Waals surface area (Å²) in [5, 5.41) is 3.25. The minimum absolute atomic E-state index is 0.0862. The van der Waals surface area contributed by atoms with Crippen molar-refractivity contribution in [2.45, 2.75) is 78.8 Å². The summed E-state index contributed by atoms with van der Waals surface area (Å²) in [6, 6.07) is 0.965. The van der Waals surface area contributed by atoms with Crippen LogP contribution in [0.2, 0.25) is 0 Å². The molecule has 3 atom stereocenters. The number of hydrogen-bond acceptors (Lipinski definition) is 2. The smallest absolute Gasteiger partial charge is 0.222 e. The third-order valence-corrected chi connectivity index (χ3v) is 4.62. The fraction of sp³-hybridized carbons (Fsp3) is 0.941. The van der Waals surface area contributed by atoms with Gasteiger partial charge in [0.15, 0.2) is 0 Å². The first-order valence-corrected chi connectivity index (χ1v) is 8.52. The van der Waals surface area contributed by atoms with Gasteiger partial charge in [-0.15, -0.1) is 0 Å². The molecule has 1 saturated heterocycles. The second kappa shape index (κ2) is 8.66. The van der Waals surface area contributed by atoms with Gasteiger partial charge in [0.25, 0.3) is 0 Å². The molecule has 1 amide bonds. The van der Waals surface area contributed by atoms with Crippen LogP contribution in [0.1, 0.15) is 66.7 Å². The lowest BCUT2D eigenvalue weighted by Gasteiger charge is -2.41. The van der Waals surface area contributed by atoms with Crippen LogP contribution in [0.3, 0.4) is 0 Å². The second-order valence-electron chi connectivity index (χ2n) is 6.82. The van der Waals surface area contributed by atoms with Gasteiger partial charge < -0.3 is 5.32 Å². The Morgan fingerprint density at radius 1 is 1.25 bits per heavy atom. The molecule has 0 spiro atoms. The van der Waals surface area contributed by atoms with Gasteiger partial charge in [0, 0.05) is 31.1 Å². The van der Waals surface area contributed by atoms with E-state index in [2.05, 4.69) is 31.0 Å². The van der Waals surface area contributed by atoms with Crippen molar-refractivity contribution in [3.63, 3.8) is 0 Å². The molecule has 1 rings (SSSR count). The van der Waals surface area contributed by atoms with E-state index in [0.717, 1.165) is 18.9 Å². The fourth-order valence-electron chi connectivity index (χ4n) is 3.03. The molecule has 0 bridgehead atoms. The van der Waals surface area contributed by atoms with Crippen LogP contribution >= 0.6 is 0 Å². The summed E-state index contributed by atoms with van der Waals surface area (Å²) < 4.78 is 0. The Hall–Kier alpha value is -0.570. The Bertz CT molecular complexity index is 291. The summed E-state index contributed by atoms with van der Waals surface area (Å²) in [6.45, 7) is 13.0. The molecule has 1 N–H and O–H groups in total. The standard InChI is InChI=1S/C17H34N2O/c1-6-8-9-15-10-16(18-17(20)13(3)4)12-19(11-15)14(5)7-2/h13-16H,6-12H2,1-5H3,(H,18,20). The van der Waals surface area contributed by atoms with Gasteiger partial charge in [0.2, 0.25) is 5.91 Å². The van der Waals surface area contributed by atoms with Gasteiger partial charge in [-0.3, -0.25) is 9.69 Å². The molecule has 3 unspecified atom stereocenters. The molecule has 118 valence electrons. The van der Waals surface area contributed by atoms with Crippen LogP contribution in [-0.4, -0.2) is 36.0 Å². The van der Waals surface area contributed by atoms with Crippen LogP contribution in [-0.2, 0) is 4.79 Å². The summed E-state index contributed by atoms with van der Waals surface area (Å²) in [5.74, 6) is 1.04. The highest BCUT2D eigenvalue weighted by Gasteiger charge is 2.30. The summed E-state index contributed by atoms with van der Waals surface area (Å²) in [4.78, 5) is 14.5. The number of nitrogens with zero attached hydrogens (tertiary/aromatic N) is 1. The van der Waals surface area contributed by atoms with E-state index in [4.69, 9.17) is 0 Å². The lowest BCUT2D eigenvalue weighted by Crippen LogP contribution is -2.53. The first kappa shape index (κ1) is 17.5. The van der Waals surface area contributed by atoms with E-state index in [0.29, 0.717) is 12.1 Å². The number of unbranched alkanes of at least 4 members (excludes halogenated alkanes) is 1. The number of carbonyl (C=O) groups is 1. The predicted octanol–water partition coefficient (Wildman–Crippen LogP) is 3.44. The van der Waals surface area contributed by atoms with E-state index < -0.39 is 0 Å². The molecule has 3 heteroatoms. The quantitative estimate of drug-likeness (QED) is 0.776. The average Bonchev–Trinajstić information content (AvgIpc) is 2.43. The molecule has 20 heavy (non-hydrogen) atoms. The zero-order valence-electron chi connectivity index (χ0n) is 14.1. The van der Waals surface area contributed by atoms with Crippen molar-refractivity contribution in [2.24, 2.45) is 11.8 Å². The van der Waals surface area contributed by atoms with Crippen molar-refractivity contribution >= 4 is 5.91 Å². The third kappa shape index (κ3) is 5.43. The van der Waals surface area contributed by atoms with Crippen molar-refractivity contribution in [1.82, 2.24) is 10.2 Å². The number of carbonyl (C=O) groups excluding carboxylic acids is 1. The summed E-state index contributed by atoms with van der Waals surface area (Å²) >= 11 is 0. The fourth-order valence-corrected chi connectivity index (χ4v) is 3.03. The van der Waals surface area contributed by atoms with Gasteiger partial charge in [0.05, 0.1) is 0 Å². The van der Waals surface area contributed by atoms with Crippen LogP contribution < -0.4 is 5.32 Å². The molecule has 3 nitrogen and oxygen atoms in total. The molecule has 0 aliphatic carbocycles. The monoisotopic (exact) mass is 282 g/mol. The van der Waals surface area contributed by atoms with Gasteiger partial charge in [-0.25, -0.2) is 0 Å². The first-order chi connectivity index (χ1) is 9.47. The molecular weight excluding hydrogens is 248 g/mol. The molecule has 1 heterocycles. The SMILES string of the molecule is CCCCC1CC(NC(=O)C(C)C)CN(C(C)CC)C1. The summed E-state index contributed by atoms with van der Waals surface area (Å²) in [7, 11) is 0. The lowest BCUT2D eigenvalue weighted by atomic mass is 9.88. The maximum atomic E-state index is 11.9. The van der Waals surface area contributed by atoms with Crippen molar-refractivity contribution in [3.05, 3.63) is 0 Å². The van der Waals surface area contributed by atoms with E-state index >= 15 is 0 Å². The molecule has 0 aromatic rings. The van der Waals surface area contributed by atoms with E-state index in [1.54, 1.807) is 0 Å². The van der Waals surface area contributed by atoms with Crippen LogP contribution in [0, 0.1) is 11.8 Å². The van der Waals surface area contributed by atoms with Gasteiger partial charge in [0.1, 0.15) is 0 Å². The zero-order valence-corrected chi connectivity index (χ0v) is 14.1. The number of amides is 1. The minimum atomic E-state index is 0.0862. The molecule has 0 radical (unpaired) electrons. The Kier molecular flexibility index (Phi) is 7.57. The third-order valence-electron chi connectivity index (χ3n) is 4.62. The highest BCUT2D eigenvalue weighted by atomic mass is 16.1. The predicted molar refractivity (Wildman–Crippen MR) is 85.7 cm³/mol. The first-order valence-electron chi connectivity index (χ1n) is 8.52. The van der Waals surface area contributed by atoms with Gasteiger partial charge in [-0.05, 0) is 32.1 Å². The van der Waals surface area contributed by atoms with E-state index in [1.165, 1.54) is 32.2 Å². The number of hydrogen-bond donors (Lipinski definition) is 1. The molecule has 0 saturated carbocycles. The minimum Gasteiger partial charge on any atom is -0.352 e. The van der Waals surface area contributed by atoms with Crippen LogP contribution in [0.25, 0.3) is 0 Å². The van der Waals surface area contributed by atoms with Gasteiger partial charge in [-0.2, -0.15) is 0 Å². The van der Waals surface area contributed by atoms with E-state index in [9.17, 15) is 4.79 Å². The normalized spacial score (nSPS) is 25.7. The number of nitrogens with one attached hydrogen (secondary N) is 1. The molecule has 1 aliphatic rings. The number of piperidine rings is 1. The van der Waals surface area contributed by atoms with Crippen molar-refractivity contribution < 1.29 is 4.79 Å². The van der Waals surface area contributed by atoms with Crippen LogP contribution in [0.5, 0.6) is 0 Å². The van der Waals surface area contributed by atoms with Gasteiger partial charge in [-0.1, -0.05) is 40.5 Å². The highest BCUT2D eigenvalue weighted by Crippen LogP contribution is 2.24. The highest BCUT2D eigenvalue weighted by molar-refractivity contribution is 5.78. The molecule has 1 aliphatic heterocycles. The average molecular weight is 282 g/mol. The summed E-state index contributed by atoms with van der Waals surface area (Å²) in [6.07, 6.45) is 6.22. The van der Waals surface area contributed by atoms with Crippen molar-refractivity contribution in [2.75, 3.05) is 13.1 Å². The van der Waals surface area contributed by atoms with Gasteiger partial charge >= 0.3 is 0 Å². The molecule has 1 fully saturated rings. The maximum absolute atomic E-state index is 11.9. The van der Waals surface area contributed by atoms with E-state index in [-0.39, 0.29) is 11.8 Å². The topological polar surface area (TPSA) is 32.3 Å². The Morgan fingerprint density at radius 2 is 1.95 bits per heavy atom. The van der Waals surface area contributed by atoms with Crippen molar-refractivity contribution in [1.29, 1.82) is 0 Å². The Labute approximate surface area is 125 Å². The number of likely N-dealkylation sites (tertiary alicyclic amines) is 1. The van der Waals surface area contributed by atoms with Crippen LogP contribution in [0.15, 0.2) is 0 Å².